The number of fused-ring (bicyclic) bond motifs is 6. The van der Waals surface area contributed by atoms with Crippen LogP contribution in [0.2, 0.25) is 0 Å². The Hall–Kier alpha value is -3.59. The van der Waals surface area contributed by atoms with E-state index in [-0.39, 0.29) is 30.9 Å². The van der Waals surface area contributed by atoms with Crippen LogP contribution in [-0.4, -0.2) is 27.7 Å². The van der Waals surface area contributed by atoms with E-state index in [0.29, 0.717) is 40.9 Å². The van der Waals surface area contributed by atoms with E-state index in [1.54, 1.807) is 17.6 Å². The number of hydrogen-bond acceptors (Lipinski definition) is 8. The summed E-state index contributed by atoms with van der Waals surface area (Å²) in [7, 11) is 0. The Morgan fingerprint density at radius 3 is 2.66 bits per heavy atom. The lowest BCUT2D eigenvalue weighted by atomic mass is 9.85. The van der Waals surface area contributed by atoms with Crippen molar-refractivity contribution in [2.45, 2.75) is 50.9 Å². The summed E-state index contributed by atoms with van der Waals surface area (Å²) in [6.45, 7) is 2.01. The Bertz CT molecular complexity index is 1560. The second-order valence-electron chi connectivity index (χ2n) is 9.26. The van der Waals surface area contributed by atoms with Crippen molar-refractivity contribution < 1.29 is 28.5 Å². The standard InChI is InChI=1S/C25H19ClN2O7/c1-2-25(35-24(26)31)15-6-17-21-13(8-28(17)22(29)14(15)9-32-23(25)30)20(11-3-4-11)12-5-18-19(34-10-33-18)7-16(12)27-21/h5-7,11H,2-4,8-10H2,1H3/t25-/m0/s1. The normalized spacial score (nSPS) is 21.4. The van der Waals surface area contributed by atoms with E-state index in [2.05, 4.69) is 0 Å². The van der Waals surface area contributed by atoms with Crippen molar-refractivity contribution in [2.75, 3.05) is 6.79 Å². The zero-order valence-corrected chi connectivity index (χ0v) is 19.4. The molecule has 0 bridgehead atoms. The van der Waals surface area contributed by atoms with Crippen molar-refractivity contribution in [1.29, 1.82) is 0 Å². The number of nitrogens with zero attached hydrogens (tertiary/aromatic N) is 2. The minimum atomic E-state index is -1.79. The van der Waals surface area contributed by atoms with Gasteiger partial charge in [-0.25, -0.2) is 14.6 Å². The zero-order chi connectivity index (χ0) is 24.1. The number of halogens is 1. The monoisotopic (exact) mass is 494 g/mol. The van der Waals surface area contributed by atoms with E-state index in [1.165, 1.54) is 5.56 Å². The highest BCUT2D eigenvalue weighted by Gasteiger charge is 2.50. The highest BCUT2D eigenvalue weighted by Crippen LogP contribution is 2.50. The van der Waals surface area contributed by atoms with Crippen LogP contribution in [0.3, 0.4) is 0 Å². The number of carbonyl (C=O) groups excluding carboxylic acids is 2. The van der Waals surface area contributed by atoms with Gasteiger partial charge in [-0.1, -0.05) is 6.92 Å². The lowest BCUT2D eigenvalue weighted by Gasteiger charge is -2.34. The van der Waals surface area contributed by atoms with Gasteiger partial charge in [-0.15, -0.1) is 0 Å². The Balaban J connectivity index is 1.51. The molecular weight excluding hydrogens is 476 g/mol. The van der Waals surface area contributed by atoms with E-state index in [1.807, 2.05) is 12.1 Å². The fourth-order valence-electron chi connectivity index (χ4n) is 5.63. The van der Waals surface area contributed by atoms with Gasteiger partial charge < -0.3 is 23.5 Å². The van der Waals surface area contributed by atoms with Crippen LogP contribution >= 0.6 is 11.6 Å². The number of ether oxygens (including phenoxy) is 4. The minimum Gasteiger partial charge on any atom is -0.457 e. The molecule has 5 heterocycles. The first-order valence-electron chi connectivity index (χ1n) is 11.5. The summed E-state index contributed by atoms with van der Waals surface area (Å²) >= 11 is 5.54. The lowest BCUT2D eigenvalue weighted by molar-refractivity contribution is -0.171. The first-order chi connectivity index (χ1) is 16.9. The van der Waals surface area contributed by atoms with Crippen LogP contribution in [0.5, 0.6) is 11.5 Å². The number of carbonyl (C=O) groups is 2. The summed E-state index contributed by atoms with van der Waals surface area (Å²) in [6, 6.07) is 5.57. The number of pyridine rings is 2. The number of rotatable bonds is 3. The molecule has 10 heteroatoms. The fraction of sp³-hybridized carbons (Fsp3) is 0.360. The molecule has 9 nitrogen and oxygen atoms in total. The highest BCUT2D eigenvalue weighted by molar-refractivity contribution is 6.61. The van der Waals surface area contributed by atoms with Crippen LogP contribution in [0.15, 0.2) is 23.0 Å². The van der Waals surface area contributed by atoms with Crippen LogP contribution in [0.4, 0.5) is 4.79 Å². The van der Waals surface area contributed by atoms with Gasteiger partial charge in [0, 0.05) is 34.2 Å². The first kappa shape index (κ1) is 20.8. The maximum absolute atomic E-state index is 13.7. The maximum atomic E-state index is 13.7. The smallest absolute Gasteiger partial charge is 0.405 e. The number of benzene rings is 1. The van der Waals surface area contributed by atoms with Crippen molar-refractivity contribution >= 4 is 33.9 Å². The molecule has 0 spiro atoms. The van der Waals surface area contributed by atoms with Crippen molar-refractivity contribution in [3.05, 3.63) is 50.8 Å². The van der Waals surface area contributed by atoms with Crippen LogP contribution in [0, 0.1) is 0 Å². The molecule has 35 heavy (non-hydrogen) atoms. The largest absolute Gasteiger partial charge is 0.457 e. The van der Waals surface area contributed by atoms with Gasteiger partial charge in [-0.05, 0) is 42.9 Å². The average molecular weight is 495 g/mol. The Kier molecular flexibility index (Phi) is 4.14. The third-order valence-electron chi connectivity index (χ3n) is 7.43. The van der Waals surface area contributed by atoms with Gasteiger partial charge >= 0.3 is 11.4 Å². The molecular formula is C25H19ClN2O7. The predicted octanol–water partition coefficient (Wildman–Crippen LogP) is 4.07. The molecule has 178 valence electrons. The van der Waals surface area contributed by atoms with Gasteiger partial charge in [0.25, 0.3) is 5.56 Å². The molecule has 7 rings (SSSR count). The van der Waals surface area contributed by atoms with Crippen molar-refractivity contribution in [1.82, 2.24) is 9.55 Å². The van der Waals surface area contributed by atoms with Crippen LogP contribution in [0.1, 0.15) is 54.4 Å². The summed E-state index contributed by atoms with van der Waals surface area (Å²) < 4.78 is 23.4. The molecule has 0 saturated heterocycles. The number of esters is 1. The molecule has 1 aliphatic carbocycles. The maximum Gasteiger partial charge on any atom is 0.405 e. The summed E-state index contributed by atoms with van der Waals surface area (Å²) in [5.74, 6) is 0.956. The fourth-order valence-corrected chi connectivity index (χ4v) is 5.76. The van der Waals surface area contributed by atoms with E-state index < -0.39 is 17.0 Å². The summed E-state index contributed by atoms with van der Waals surface area (Å²) in [5.41, 5.74) is 1.51. The third kappa shape index (κ3) is 2.75. The third-order valence-corrected chi connectivity index (χ3v) is 7.51. The van der Waals surface area contributed by atoms with Gasteiger partial charge in [0.1, 0.15) is 6.61 Å². The average Bonchev–Trinajstić information content (AvgIpc) is 3.45. The second kappa shape index (κ2) is 6.97. The zero-order valence-electron chi connectivity index (χ0n) is 18.7. The van der Waals surface area contributed by atoms with E-state index in [9.17, 15) is 14.4 Å². The van der Waals surface area contributed by atoms with Crippen molar-refractivity contribution in [2.24, 2.45) is 0 Å². The van der Waals surface area contributed by atoms with Crippen LogP contribution in [-0.2, 0) is 33.0 Å². The minimum absolute atomic E-state index is 0.0645. The van der Waals surface area contributed by atoms with Gasteiger partial charge in [0.15, 0.2) is 11.5 Å². The van der Waals surface area contributed by atoms with Crippen molar-refractivity contribution in [3.63, 3.8) is 0 Å². The molecule has 1 aromatic carbocycles. The number of hydrogen-bond donors (Lipinski definition) is 0. The van der Waals surface area contributed by atoms with Crippen molar-refractivity contribution in [3.8, 4) is 22.9 Å². The van der Waals surface area contributed by atoms with Crippen LogP contribution in [0.25, 0.3) is 22.3 Å². The molecule has 1 saturated carbocycles. The molecule has 3 aliphatic heterocycles. The molecule has 0 radical (unpaired) electrons. The predicted molar refractivity (Wildman–Crippen MR) is 123 cm³/mol. The topological polar surface area (TPSA) is 106 Å². The molecule has 0 amide bonds. The second-order valence-corrected chi connectivity index (χ2v) is 9.57. The first-order valence-corrected chi connectivity index (χ1v) is 11.9. The van der Waals surface area contributed by atoms with E-state index in [0.717, 1.165) is 29.3 Å². The molecule has 0 unspecified atom stereocenters. The summed E-state index contributed by atoms with van der Waals surface area (Å²) in [6.07, 6.45) is 2.19. The van der Waals surface area contributed by atoms with Gasteiger partial charge in [0.2, 0.25) is 12.4 Å². The Labute approximate surface area is 203 Å². The Morgan fingerprint density at radius 2 is 1.94 bits per heavy atom. The molecule has 4 aliphatic rings. The number of cyclic esters (lactones) is 1. The van der Waals surface area contributed by atoms with E-state index >= 15 is 0 Å². The van der Waals surface area contributed by atoms with Crippen LogP contribution < -0.4 is 15.0 Å². The number of aromatic nitrogens is 2. The molecule has 0 N–H and O–H groups in total. The molecule has 1 fully saturated rings. The lowest BCUT2D eigenvalue weighted by Crippen LogP contribution is -2.46. The van der Waals surface area contributed by atoms with E-state index in [4.69, 9.17) is 35.5 Å². The van der Waals surface area contributed by atoms with Gasteiger partial charge in [0.05, 0.1) is 29.0 Å². The molecule has 1 atom stereocenters. The van der Waals surface area contributed by atoms with Gasteiger partial charge in [-0.2, -0.15) is 0 Å². The van der Waals surface area contributed by atoms with Gasteiger partial charge in [-0.3, -0.25) is 4.79 Å². The highest BCUT2D eigenvalue weighted by atomic mass is 35.5. The molecule has 3 aromatic rings. The molecule has 2 aromatic heterocycles. The SMILES string of the molecule is CC[C@@]1(OC(=O)Cl)C(=O)OCc2c1cc1n(c2=O)Cc2c-1nc1cc3c(cc1c2C1CC1)OCO3. The summed E-state index contributed by atoms with van der Waals surface area (Å²) in [5, 5.41) is 0.999. The Morgan fingerprint density at radius 1 is 1.17 bits per heavy atom. The quantitative estimate of drug-likeness (QED) is 0.310. The summed E-state index contributed by atoms with van der Waals surface area (Å²) in [4.78, 5) is 43.2.